The molecule has 108 valence electrons. The van der Waals surface area contributed by atoms with E-state index >= 15 is 0 Å². The lowest BCUT2D eigenvalue weighted by atomic mass is 9.86. The highest BCUT2D eigenvalue weighted by atomic mass is 15.3. The highest BCUT2D eigenvalue weighted by Gasteiger charge is 2.44. The number of nitrogens with one attached hydrogen (secondary N) is 1. The monoisotopic (exact) mass is 262 g/mol. The molecule has 4 aliphatic rings. The van der Waals surface area contributed by atoms with Gasteiger partial charge in [0.2, 0.25) is 0 Å². The number of hydrogen-bond donors (Lipinski definition) is 1. The highest BCUT2D eigenvalue weighted by Crippen LogP contribution is 2.49. The third-order valence-electron chi connectivity index (χ3n) is 6.60. The molecule has 0 spiro atoms. The lowest BCUT2D eigenvalue weighted by molar-refractivity contribution is 0.0369. The summed E-state index contributed by atoms with van der Waals surface area (Å²) >= 11 is 0. The van der Waals surface area contributed by atoms with Crippen molar-refractivity contribution in [1.82, 2.24) is 10.2 Å². The van der Waals surface area contributed by atoms with Gasteiger partial charge in [0.25, 0.3) is 0 Å². The second-order valence-electron chi connectivity index (χ2n) is 8.48. The van der Waals surface area contributed by atoms with Gasteiger partial charge in [0.1, 0.15) is 0 Å². The first-order chi connectivity index (χ1) is 9.12. The molecule has 4 fully saturated rings. The van der Waals surface area contributed by atoms with Crippen LogP contribution in [0.3, 0.4) is 0 Å². The molecule has 2 bridgehead atoms. The van der Waals surface area contributed by atoms with E-state index in [1.807, 2.05) is 0 Å². The smallest absolute Gasteiger partial charge is 0.0278 e. The number of piperazine rings is 1. The first-order valence-electron chi connectivity index (χ1n) is 8.60. The van der Waals surface area contributed by atoms with Gasteiger partial charge >= 0.3 is 0 Å². The van der Waals surface area contributed by atoms with Crippen molar-refractivity contribution >= 4 is 0 Å². The van der Waals surface area contributed by atoms with Crippen molar-refractivity contribution in [3.05, 3.63) is 0 Å². The Morgan fingerprint density at radius 1 is 1.05 bits per heavy atom. The van der Waals surface area contributed by atoms with Gasteiger partial charge in [-0.2, -0.15) is 0 Å². The average molecular weight is 262 g/mol. The molecule has 19 heavy (non-hydrogen) atoms. The first kappa shape index (κ1) is 12.6. The zero-order valence-corrected chi connectivity index (χ0v) is 12.7. The molecule has 0 amide bonds. The quantitative estimate of drug-likeness (QED) is 0.841. The SMILES string of the molecule is CC1(C)CNC(C2CC2)CN1CC1CC2CCC1C2. The third kappa shape index (κ3) is 2.35. The van der Waals surface area contributed by atoms with Crippen molar-refractivity contribution in [2.75, 3.05) is 19.6 Å². The Morgan fingerprint density at radius 3 is 2.47 bits per heavy atom. The molecule has 1 N–H and O–H groups in total. The van der Waals surface area contributed by atoms with Gasteiger partial charge in [-0.05, 0) is 69.6 Å². The Hall–Kier alpha value is -0.0800. The van der Waals surface area contributed by atoms with Crippen LogP contribution < -0.4 is 5.32 Å². The molecular formula is C17H30N2. The second kappa shape index (κ2) is 4.46. The van der Waals surface area contributed by atoms with Crippen LogP contribution in [0.25, 0.3) is 0 Å². The minimum atomic E-state index is 0.368. The summed E-state index contributed by atoms with van der Waals surface area (Å²) in [6.45, 7) is 8.77. The summed E-state index contributed by atoms with van der Waals surface area (Å²) in [6, 6.07) is 0.798. The molecule has 0 aromatic heterocycles. The number of nitrogens with zero attached hydrogens (tertiary/aromatic N) is 1. The van der Waals surface area contributed by atoms with Crippen LogP contribution >= 0.6 is 0 Å². The van der Waals surface area contributed by atoms with Crippen molar-refractivity contribution in [3.8, 4) is 0 Å². The predicted octanol–water partition coefficient (Wildman–Crippen LogP) is 2.89. The van der Waals surface area contributed by atoms with E-state index in [1.54, 1.807) is 12.8 Å². The van der Waals surface area contributed by atoms with Crippen molar-refractivity contribution in [3.63, 3.8) is 0 Å². The minimum Gasteiger partial charge on any atom is -0.311 e. The maximum atomic E-state index is 3.82. The molecule has 3 aliphatic carbocycles. The standard InChI is InChI=1S/C17H30N2/c1-17(2)11-18-16(13-5-6-13)10-19(17)9-15-8-12-3-4-14(15)7-12/h12-16,18H,3-11H2,1-2H3. The van der Waals surface area contributed by atoms with Crippen LogP contribution in [0.2, 0.25) is 0 Å². The third-order valence-corrected chi connectivity index (χ3v) is 6.60. The largest absolute Gasteiger partial charge is 0.311 e. The normalized spacial score (nSPS) is 45.8. The summed E-state index contributed by atoms with van der Waals surface area (Å²) in [5.74, 6) is 4.20. The molecule has 2 nitrogen and oxygen atoms in total. The molecule has 4 atom stereocenters. The fraction of sp³-hybridized carbons (Fsp3) is 1.00. The van der Waals surface area contributed by atoms with Crippen molar-refractivity contribution < 1.29 is 0 Å². The zero-order chi connectivity index (χ0) is 13.0. The van der Waals surface area contributed by atoms with Crippen LogP contribution in [0.5, 0.6) is 0 Å². The molecule has 0 aromatic carbocycles. The van der Waals surface area contributed by atoms with Crippen molar-refractivity contribution in [2.24, 2.45) is 23.7 Å². The fourth-order valence-corrected chi connectivity index (χ4v) is 5.06. The summed E-state index contributed by atoms with van der Waals surface area (Å²) in [5, 5.41) is 3.82. The molecule has 4 unspecified atom stereocenters. The Balaban J connectivity index is 1.42. The van der Waals surface area contributed by atoms with E-state index < -0.39 is 0 Å². The molecule has 0 aromatic rings. The molecule has 1 heterocycles. The lowest BCUT2D eigenvalue weighted by Crippen LogP contribution is -2.63. The van der Waals surface area contributed by atoms with Gasteiger partial charge in [0.05, 0.1) is 0 Å². The highest BCUT2D eigenvalue weighted by molar-refractivity contribution is 5.00. The Labute approximate surface area is 118 Å². The van der Waals surface area contributed by atoms with Gasteiger partial charge in [-0.1, -0.05) is 6.42 Å². The van der Waals surface area contributed by atoms with Gasteiger partial charge < -0.3 is 5.32 Å². The second-order valence-corrected chi connectivity index (χ2v) is 8.48. The number of fused-ring (bicyclic) bond motifs is 2. The Bertz CT molecular complexity index is 347. The van der Waals surface area contributed by atoms with E-state index in [0.717, 1.165) is 29.7 Å². The topological polar surface area (TPSA) is 15.3 Å². The zero-order valence-electron chi connectivity index (χ0n) is 12.7. The number of rotatable bonds is 3. The molecular weight excluding hydrogens is 232 g/mol. The molecule has 2 heteroatoms. The fourth-order valence-electron chi connectivity index (χ4n) is 5.06. The van der Waals surface area contributed by atoms with E-state index in [9.17, 15) is 0 Å². The molecule has 4 rings (SSSR count). The van der Waals surface area contributed by atoms with Gasteiger partial charge in [0.15, 0.2) is 0 Å². The van der Waals surface area contributed by atoms with Crippen LogP contribution in [-0.4, -0.2) is 36.1 Å². The molecule has 0 radical (unpaired) electrons. The van der Waals surface area contributed by atoms with Crippen LogP contribution in [0.4, 0.5) is 0 Å². The predicted molar refractivity (Wildman–Crippen MR) is 79.1 cm³/mol. The van der Waals surface area contributed by atoms with Crippen molar-refractivity contribution in [2.45, 2.75) is 64.0 Å². The maximum Gasteiger partial charge on any atom is 0.0278 e. The molecule has 3 saturated carbocycles. The molecule has 1 saturated heterocycles. The molecule has 1 aliphatic heterocycles. The van der Waals surface area contributed by atoms with Crippen molar-refractivity contribution in [1.29, 1.82) is 0 Å². The van der Waals surface area contributed by atoms with Crippen LogP contribution in [0.15, 0.2) is 0 Å². The summed E-state index contributed by atoms with van der Waals surface area (Å²) in [4.78, 5) is 2.85. The maximum absolute atomic E-state index is 3.82. The lowest BCUT2D eigenvalue weighted by Gasteiger charge is -2.48. The number of hydrogen-bond acceptors (Lipinski definition) is 2. The van der Waals surface area contributed by atoms with E-state index in [4.69, 9.17) is 0 Å². The Morgan fingerprint density at radius 2 is 1.84 bits per heavy atom. The Kier molecular flexibility index (Phi) is 2.97. The van der Waals surface area contributed by atoms with Gasteiger partial charge in [-0.15, -0.1) is 0 Å². The van der Waals surface area contributed by atoms with E-state index in [1.165, 1.54) is 45.3 Å². The van der Waals surface area contributed by atoms with Crippen LogP contribution in [0, 0.1) is 23.7 Å². The van der Waals surface area contributed by atoms with Crippen LogP contribution in [-0.2, 0) is 0 Å². The van der Waals surface area contributed by atoms with E-state index in [-0.39, 0.29) is 0 Å². The van der Waals surface area contributed by atoms with E-state index in [0.29, 0.717) is 5.54 Å². The minimum absolute atomic E-state index is 0.368. The van der Waals surface area contributed by atoms with Crippen LogP contribution in [0.1, 0.15) is 52.4 Å². The average Bonchev–Trinajstić information content (AvgIpc) is 3.01. The summed E-state index contributed by atoms with van der Waals surface area (Å²) < 4.78 is 0. The van der Waals surface area contributed by atoms with Gasteiger partial charge in [-0.25, -0.2) is 0 Å². The van der Waals surface area contributed by atoms with Gasteiger partial charge in [0, 0.05) is 31.2 Å². The summed E-state index contributed by atoms with van der Waals surface area (Å²) in [7, 11) is 0. The first-order valence-corrected chi connectivity index (χ1v) is 8.60. The van der Waals surface area contributed by atoms with Gasteiger partial charge in [-0.3, -0.25) is 4.90 Å². The summed E-state index contributed by atoms with van der Waals surface area (Å²) in [5.41, 5.74) is 0.368. The van der Waals surface area contributed by atoms with E-state index in [2.05, 4.69) is 24.1 Å². The summed E-state index contributed by atoms with van der Waals surface area (Å²) in [6.07, 6.45) is 9.12.